The van der Waals surface area contributed by atoms with Gasteiger partial charge in [-0.25, -0.2) is 4.98 Å². The first kappa shape index (κ1) is 17.6. The monoisotopic (exact) mass is 347 g/mol. The fourth-order valence-electron chi connectivity index (χ4n) is 2.48. The van der Waals surface area contributed by atoms with E-state index in [9.17, 15) is 22.8 Å². The van der Waals surface area contributed by atoms with Crippen LogP contribution in [0.5, 0.6) is 0 Å². The number of alkyl halides is 3. The number of hydrogen-bond acceptors (Lipinski definition) is 4. The Morgan fingerprint density at radius 2 is 2.17 bits per heavy atom. The predicted molar refractivity (Wildman–Crippen MR) is 78.9 cm³/mol. The van der Waals surface area contributed by atoms with E-state index in [1.165, 1.54) is 30.2 Å². The summed E-state index contributed by atoms with van der Waals surface area (Å²) in [6, 6.07) is 2.59. The van der Waals surface area contributed by atoms with Crippen molar-refractivity contribution in [3.63, 3.8) is 0 Å². The Hall–Kier alpha value is -1.77. The average Bonchev–Trinajstić information content (AvgIpc) is 2.45. The van der Waals surface area contributed by atoms with Crippen LogP contribution in [0.4, 0.5) is 13.2 Å². The Bertz CT molecular complexity index is 595. The van der Waals surface area contributed by atoms with E-state index < -0.39 is 23.2 Å². The first-order valence-corrected chi connectivity index (χ1v) is 7.85. The van der Waals surface area contributed by atoms with E-state index in [2.05, 4.69) is 10.3 Å². The molecule has 0 spiro atoms. The molecule has 5 nitrogen and oxygen atoms in total. The van der Waals surface area contributed by atoms with E-state index in [1.807, 2.05) is 0 Å². The zero-order valence-corrected chi connectivity index (χ0v) is 13.2. The van der Waals surface area contributed by atoms with Crippen molar-refractivity contribution in [3.8, 4) is 0 Å². The molecule has 1 N–H and O–H groups in total. The highest BCUT2D eigenvalue weighted by Gasteiger charge is 2.34. The lowest BCUT2D eigenvalue weighted by Gasteiger charge is -2.33. The number of halogens is 3. The largest absolute Gasteiger partial charge is 0.447 e. The van der Waals surface area contributed by atoms with Crippen molar-refractivity contribution in [3.05, 3.63) is 23.9 Å². The van der Waals surface area contributed by atoms with Gasteiger partial charge in [0.15, 0.2) is 0 Å². The van der Waals surface area contributed by atoms with E-state index in [4.69, 9.17) is 0 Å². The maximum Gasteiger partial charge on any atom is 0.447 e. The van der Waals surface area contributed by atoms with Gasteiger partial charge in [0.05, 0.1) is 5.56 Å². The van der Waals surface area contributed by atoms with Crippen molar-refractivity contribution >= 4 is 23.6 Å². The standard InChI is InChI=1S/C14H16F3N3O2S/c1-9(21)19-10-4-3-7-20(8-10)13(22)11-5-2-6-18-12(11)23-14(15,16)17/h2,5-6,10H,3-4,7-8H2,1H3,(H,19,21)/t10-/m1/s1. The quantitative estimate of drug-likeness (QED) is 0.853. The van der Waals surface area contributed by atoms with E-state index in [0.29, 0.717) is 13.0 Å². The molecule has 0 saturated carbocycles. The maximum absolute atomic E-state index is 12.6. The van der Waals surface area contributed by atoms with E-state index in [0.717, 1.165) is 6.42 Å². The molecule has 0 aromatic carbocycles. The molecule has 9 heteroatoms. The van der Waals surface area contributed by atoms with E-state index in [-0.39, 0.29) is 29.1 Å². The molecule has 1 aliphatic rings. The highest BCUT2D eigenvalue weighted by atomic mass is 32.2. The van der Waals surface area contributed by atoms with Gasteiger partial charge >= 0.3 is 5.51 Å². The number of nitrogens with zero attached hydrogens (tertiary/aromatic N) is 2. The molecule has 1 saturated heterocycles. The smallest absolute Gasteiger partial charge is 0.352 e. The van der Waals surface area contributed by atoms with E-state index in [1.54, 1.807) is 0 Å². The maximum atomic E-state index is 12.6. The van der Waals surface area contributed by atoms with Crippen molar-refractivity contribution in [2.24, 2.45) is 0 Å². The van der Waals surface area contributed by atoms with Gasteiger partial charge in [0, 0.05) is 44.0 Å². The number of pyridine rings is 1. The molecule has 1 aliphatic heterocycles. The van der Waals surface area contributed by atoms with Crippen LogP contribution in [0.25, 0.3) is 0 Å². The first-order chi connectivity index (χ1) is 10.8. The normalized spacial score (nSPS) is 18.6. The minimum Gasteiger partial charge on any atom is -0.352 e. The van der Waals surface area contributed by atoms with Crippen LogP contribution in [0.1, 0.15) is 30.1 Å². The van der Waals surface area contributed by atoms with Gasteiger partial charge < -0.3 is 10.2 Å². The zero-order chi connectivity index (χ0) is 17.0. The molecule has 2 amide bonds. The third-order valence-corrected chi connectivity index (χ3v) is 4.08. The molecule has 1 aromatic rings. The van der Waals surface area contributed by atoms with Gasteiger partial charge in [-0.1, -0.05) is 0 Å². The molecule has 0 radical (unpaired) electrons. The zero-order valence-electron chi connectivity index (χ0n) is 12.4. The van der Waals surface area contributed by atoms with Gasteiger partial charge in [0.2, 0.25) is 5.91 Å². The predicted octanol–water partition coefficient (Wildman–Crippen LogP) is 2.43. The van der Waals surface area contributed by atoms with Gasteiger partial charge in [-0.15, -0.1) is 0 Å². The first-order valence-electron chi connectivity index (χ1n) is 7.03. The molecule has 2 rings (SSSR count). The van der Waals surface area contributed by atoms with Crippen molar-refractivity contribution < 1.29 is 22.8 Å². The third-order valence-electron chi connectivity index (χ3n) is 3.33. The average molecular weight is 347 g/mol. The fourth-order valence-corrected chi connectivity index (χ4v) is 3.08. The number of aromatic nitrogens is 1. The highest BCUT2D eigenvalue weighted by Crippen LogP contribution is 2.37. The van der Waals surface area contributed by atoms with Crippen LogP contribution >= 0.6 is 11.8 Å². The summed E-state index contributed by atoms with van der Waals surface area (Å²) < 4.78 is 37.7. The van der Waals surface area contributed by atoms with Gasteiger partial charge in [-0.2, -0.15) is 13.2 Å². The highest BCUT2D eigenvalue weighted by molar-refractivity contribution is 8.00. The second kappa shape index (κ2) is 7.20. The molecule has 0 unspecified atom stereocenters. The number of thioether (sulfide) groups is 1. The summed E-state index contributed by atoms with van der Waals surface area (Å²) in [7, 11) is 0. The van der Waals surface area contributed by atoms with Crippen molar-refractivity contribution in [2.45, 2.75) is 36.3 Å². The number of carbonyl (C=O) groups is 2. The summed E-state index contributed by atoms with van der Waals surface area (Å²) in [6.07, 6.45) is 2.64. The summed E-state index contributed by atoms with van der Waals surface area (Å²) >= 11 is -0.397. The number of hydrogen-bond donors (Lipinski definition) is 1. The van der Waals surface area contributed by atoms with Crippen LogP contribution in [-0.4, -0.2) is 46.3 Å². The Kier molecular flexibility index (Phi) is 5.51. The minimum atomic E-state index is -4.51. The second-order valence-corrected chi connectivity index (χ2v) is 6.25. The topological polar surface area (TPSA) is 62.3 Å². The molecular formula is C14H16F3N3O2S. The lowest BCUT2D eigenvalue weighted by Crippen LogP contribution is -2.49. The Labute approximate surface area is 135 Å². The Balaban J connectivity index is 2.15. The second-order valence-electron chi connectivity index (χ2n) is 5.19. The van der Waals surface area contributed by atoms with Crippen LogP contribution in [0, 0.1) is 0 Å². The van der Waals surface area contributed by atoms with Crippen LogP contribution < -0.4 is 5.32 Å². The molecule has 0 aliphatic carbocycles. The molecule has 126 valence electrons. The van der Waals surface area contributed by atoms with Gasteiger partial charge in [0.1, 0.15) is 5.03 Å². The Morgan fingerprint density at radius 1 is 1.43 bits per heavy atom. The fraction of sp³-hybridized carbons (Fsp3) is 0.500. The number of nitrogens with one attached hydrogen (secondary N) is 1. The summed E-state index contributed by atoms with van der Waals surface area (Å²) in [5.41, 5.74) is -4.58. The molecule has 2 heterocycles. The number of piperidine rings is 1. The van der Waals surface area contributed by atoms with Crippen LogP contribution in [0.3, 0.4) is 0 Å². The van der Waals surface area contributed by atoms with Gasteiger partial charge in [-0.05, 0) is 25.0 Å². The lowest BCUT2D eigenvalue weighted by molar-refractivity contribution is -0.120. The molecular weight excluding hydrogens is 331 g/mol. The van der Waals surface area contributed by atoms with Crippen LogP contribution in [0.2, 0.25) is 0 Å². The van der Waals surface area contributed by atoms with E-state index >= 15 is 0 Å². The molecule has 1 atom stereocenters. The lowest BCUT2D eigenvalue weighted by atomic mass is 10.0. The van der Waals surface area contributed by atoms with Crippen molar-refractivity contribution in [2.75, 3.05) is 13.1 Å². The molecule has 23 heavy (non-hydrogen) atoms. The Morgan fingerprint density at radius 3 is 2.83 bits per heavy atom. The number of amides is 2. The number of rotatable bonds is 3. The van der Waals surface area contributed by atoms with Gasteiger partial charge in [-0.3, -0.25) is 9.59 Å². The molecule has 1 fully saturated rings. The molecule has 0 bridgehead atoms. The summed E-state index contributed by atoms with van der Waals surface area (Å²) in [5, 5.41) is 2.38. The minimum absolute atomic E-state index is 0.0710. The summed E-state index contributed by atoms with van der Waals surface area (Å²) in [5.74, 6) is -0.695. The van der Waals surface area contributed by atoms with Crippen molar-refractivity contribution in [1.29, 1.82) is 0 Å². The van der Waals surface area contributed by atoms with Crippen LogP contribution in [-0.2, 0) is 4.79 Å². The van der Waals surface area contributed by atoms with Crippen LogP contribution in [0.15, 0.2) is 23.4 Å². The SMILES string of the molecule is CC(=O)N[C@@H]1CCCN(C(=O)c2cccnc2SC(F)(F)F)C1. The summed E-state index contributed by atoms with van der Waals surface area (Å²) in [4.78, 5) is 28.8. The van der Waals surface area contributed by atoms with Crippen molar-refractivity contribution in [1.82, 2.24) is 15.2 Å². The number of carbonyl (C=O) groups excluding carboxylic acids is 2. The third kappa shape index (κ3) is 5.12. The molecule has 1 aromatic heterocycles. The van der Waals surface area contributed by atoms with Gasteiger partial charge in [0.25, 0.3) is 5.91 Å². The number of likely N-dealkylation sites (tertiary alicyclic amines) is 1. The summed E-state index contributed by atoms with van der Waals surface area (Å²) in [6.45, 7) is 2.11.